The highest BCUT2D eigenvalue weighted by molar-refractivity contribution is 8.01. The number of ether oxygens (including phenoxy) is 1. The quantitative estimate of drug-likeness (QED) is 0.274. The Morgan fingerprint density at radius 2 is 1.90 bits per heavy atom. The van der Waals surface area contributed by atoms with Gasteiger partial charge in [0.1, 0.15) is 0 Å². The van der Waals surface area contributed by atoms with Gasteiger partial charge in [0.05, 0.1) is 28.3 Å². The number of esters is 1. The number of aromatic nitrogens is 2. The Bertz CT molecular complexity index is 1200. The van der Waals surface area contributed by atoms with Gasteiger partial charge in [0.2, 0.25) is 5.13 Å². The summed E-state index contributed by atoms with van der Waals surface area (Å²) in [6.07, 6.45) is 0. The second kappa shape index (κ2) is 10.1. The Labute approximate surface area is 191 Å². The molecule has 0 aliphatic heterocycles. The monoisotopic (exact) mass is 498 g/mol. The predicted molar refractivity (Wildman–Crippen MR) is 119 cm³/mol. The van der Waals surface area contributed by atoms with E-state index in [1.165, 1.54) is 37.4 Å². The third kappa shape index (κ3) is 6.17. The average Bonchev–Trinajstić information content (AvgIpc) is 3.21. The summed E-state index contributed by atoms with van der Waals surface area (Å²) in [5, 5.41) is 10.6. The van der Waals surface area contributed by atoms with E-state index in [1.54, 1.807) is 18.2 Å². The maximum atomic E-state index is 12.6. The number of carbonyl (C=O) groups is 2. The summed E-state index contributed by atoms with van der Waals surface area (Å²) in [7, 11) is -2.54. The van der Waals surface area contributed by atoms with Crippen LogP contribution in [0.2, 0.25) is 5.02 Å². The number of anilines is 2. The molecular formula is C18H15ClN4O5S3. The Balaban J connectivity index is 1.72. The van der Waals surface area contributed by atoms with Crippen LogP contribution in [0.3, 0.4) is 0 Å². The van der Waals surface area contributed by atoms with E-state index < -0.39 is 21.9 Å². The van der Waals surface area contributed by atoms with Gasteiger partial charge in [-0.2, -0.15) is 0 Å². The highest BCUT2D eigenvalue weighted by atomic mass is 35.5. The molecule has 0 aliphatic carbocycles. The summed E-state index contributed by atoms with van der Waals surface area (Å²) in [6, 6.07) is 12.0. The number of nitrogens with one attached hydrogen (secondary N) is 2. The van der Waals surface area contributed by atoms with Gasteiger partial charge < -0.3 is 4.74 Å². The van der Waals surface area contributed by atoms with Crippen molar-refractivity contribution in [3.8, 4) is 0 Å². The van der Waals surface area contributed by atoms with E-state index in [4.69, 9.17) is 11.6 Å². The topological polar surface area (TPSA) is 127 Å². The zero-order chi connectivity index (χ0) is 22.4. The number of halogens is 1. The first-order chi connectivity index (χ1) is 14.8. The predicted octanol–water partition coefficient (Wildman–Crippen LogP) is 3.51. The van der Waals surface area contributed by atoms with Crippen LogP contribution in [0.5, 0.6) is 0 Å². The van der Waals surface area contributed by atoms with Crippen molar-refractivity contribution in [2.24, 2.45) is 0 Å². The number of benzene rings is 2. The molecular weight excluding hydrogens is 484 g/mol. The van der Waals surface area contributed by atoms with Crippen LogP contribution in [0.15, 0.2) is 57.8 Å². The van der Waals surface area contributed by atoms with Crippen LogP contribution < -0.4 is 10.0 Å². The molecule has 0 fully saturated rings. The fourth-order valence-corrected chi connectivity index (χ4v) is 5.09. The van der Waals surface area contributed by atoms with Gasteiger partial charge in [0.25, 0.3) is 15.9 Å². The lowest BCUT2D eigenvalue weighted by Crippen LogP contribution is -2.15. The first-order valence-corrected chi connectivity index (χ1v) is 12.2. The number of methoxy groups -OCH3 is 1. The number of thioether (sulfide) groups is 1. The van der Waals surface area contributed by atoms with Gasteiger partial charge in [0, 0.05) is 5.69 Å². The first-order valence-electron chi connectivity index (χ1n) is 8.50. The fourth-order valence-electron chi connectivity index (χ4n) is 2.24. The van der Waals surface area contributed by atoms with Crippen molar-refractivity contribution < 1.29 is 22.7 Å². The van der Waals surface area contributed by atoms with Gasteiger partial charge >= 0.3 is 5.97 Å². The summed E-state index contributed by atoms with van der Waals surface area (Å²) in [5.74, 6) is -0.937. The summed E-state index contributed by atoms with van der Waals surface area (Å²) in [5.41, 5.74) is 0.221. The highest BCUT2D eigenvalue weighted by Gasteiger charge is 2.18. The molecule has 0 aliphatic rings. The summed E-state index contributed by atoms with van der Waals surface area (Å²) < 4.78 is 32.4. The van der Waals surface area contributed by atoms with Crippen molar-refractivity contribution in [2.45, 2.75) is 9.24 Å². The van der Waals surface area contributed by atoms with Crippen molar-refractivity contribution in [1.29, 1.82) is 0 Å². The van der Waals surface area contributed by atoms with Crippen molar-refractivity contribution in [2.75, 3.05) is 22.9 Å². The fraction of sp³-hybridized carbons (Fsp3) is 0.111. The molecule has 0 spiro atoms. The first kappa shape index (κ1) is 23.0. The Kier molecular flexibility index (Phi) is 7.49. The maximum absolute atomic E-state index is 12.6. The zero-order valence-corrected chi connectivity index (χ0v) is 19.1. The molecule has 0 unspecified atom stereocenters. The van der Waals surface area contributed by atoms with Crippen LogP contribution in [0.1, 0.15) is 10.4 Å². The average molecular weight is 499 g/mol. The number of sulfonamides is 1. The van der Waals surface area contributed by atoms with Crippen LogP contribution in [-0.2, 0) is 19.6 Å². The van der Waals surface area contributed by atoms with E-state index in [1.807, 2.05) is 0 Å². The number of hydrogen-bond donors (Lipinski definition) is 2. The SMILES string of the molecule is COC(=O)CSc1nnc(NC(=O)c2cc(NS(=O)(=O)c3ccccc3)ccc2Cl)s1. The van der Waals surface area contributed by atoms with Gasteiger partial charge in [0.15, 0.2) is 4.34 Å². The van der Waals surface area contributed by atoms with Crippen LogP contribution in [0.4, 0.5) is 10.8 Å². The lowest BCUT2D eigenvalue weighted by Gasteiger charge is -2.10. The lowest BCUT2D eigenvalue weighted by molar-refractivity contribution is -0.137. The van der Waals surface area contributed by atoms with Crippen molar-refractivity contribution in [1.82, 2.24) is 10.2 Å². The minimum atomic E-state index is -3.83. The van der Waals surface area contributed by atoms with E-state index in [2.05, 4.69) is 25.0 Å². The van der Waals surface area contributed by atoms with Crippen molar-refractivity contribution in [3.63, 3.8) is 0 Å². The molecule has 0 saturated heterocycles. The molecule has 0 saturated carbocycles. The maximum Gasteiger partial charge on any atom is 0.316 e. The van der Waals surface area contributed by atoms with E-state index in [9.17, 15) is 18.0 Å². The normalized spacial score (nSPS) is 11.0. The number of nitrogens with zero attached hydrogens (tertiary/aromatic N) is 2. The highest BCUT2D eigenvalue weighted by Crippen LogP contribution is 2.27. The van der Waals surface area contributed by atoms with Gasteiger partial charge in [-0.1, -0.05) is 52.9 Å². The molecule has 9 nitrogen and oxygen atoms in total. The number of amides is 1. The minimum Gasteiger partial charge on any atom is -0.468 e. The van der Waals surface area contributed by atoms with Crippen LogP contribution in [0.25, 0.3) is 0 Å². The molecule has 2 N–H and O–H groups in total. The number of hydrogen-bond acceptors (Lipinski definition) is 9. The summed E-state index contributed by atoms with van der Waals surface area (Å²) >= 11 is 8.32. The molecule has 0 bridgehead atoms. The lowest BCUT2D eigenvalue weighted by atomic mass is 10.2. The van der Waals surface area contributed by atoms with Gasteiger partial charge in [-0.05, 0) is 30.3 Å². The Hall–Kier alpha value is -2.67. The van der Waals surface area contributed by atoms with Crippen LogP contribution in [0, 0.1) is 0 Å². The van der Waals surface area contributed by atoms with Crippen LogP contribution >= 0.6 is 34.7 Å². The molecule has 3 rings (SSSR count). The molecule has 0 radical (unpaired) electrons. The molecule has 1 amide bonds. The molecule has 31 heavy (non-hydrogen) atoms. The van der Waals surface area contributed by atoms with E-state index in [-0.39, 0.29) is 32.1 Å². The molecule has 13 heteroatoms. The van der Waals surface area contributed by atoms with E-state index in [0.29, 0.717) is 4.34 Å². The van der Waals surface area contributed by atoms with Crippen LogP contribution in [-0.4, -0.2) is 43.4 Å². The van der Waals surface area contributed by atoms with Crippen molar-refractivity contribution >= 4 is 67.4 Å². The van der Waals surface area contributed by atoms with Gasteiger partial charge in [-0.15, -0.1) is 10.2 Å². The van der Waals surface area contributed by atoms with Crippen molar-refractivity contribution in [3.05, 3.63) is 59.1 Å². The molecule has 1 aromatic heterocycles. The molecule has 0 atom stereocenters. The minimum absolute atomic E-state index is 0.0499. The summed E-state index contributed by atoms with van der Waals surface area (Å²) in [4.78, 5) is 23.9. The van der Waals surface area contributed by atoms with E-state index in [0.717, 1.165) is 23.1 Å². The standard InChI is InChI=1S/C18H15ClN4O5S3/c1-28-15(24)10-29-18-22-21-17(30-18)20-16(25)13-9-11(7-8-14(13)19)23-31(26,27)12-5-3-2-4-6-12/h2-9,23H,10H2,1H3,(H,20,21,25). The van der Waals surface area contributed by atoms with Gasteiger partial charge in [-0.25, -0.2) is 8.42 Å². The van der Waals surface area contributed by atoms with E-state index >= 15 is 0 Å². The number of rotatable bonds is 8. The second-order valence-electron chi connectivity index (χ2n) is 5.81. The molecule has 3 aromatic rings. The molecule has 2 aromatic carbocycles. The smallest absolute Gasteiger partial charge is 0.316 e. The second-order valence-corrected chi connectivity index (χ2v) is 10.1. The number of carbonyl (C=O) groups excluding carboxylic acids is 2. The summed E-state index contributed by atoms with van der Waals surface area (Å²) in [6.45, 7) is 0. The molecule has 162 valence electrons. The van der Waals surface area contributed by atoms with Gasteiger partial charge in [-0.3, -0.25) is 19.6 Å². The zero-order valence-electron chi connectivity index (χ0n) is 15.9. The Morgan fingerprint density at radius 1 is 1.16 bits per heavy atom. The molecule has 1 heterocycles. The Morgan fingerprint density at radius 3 is 2.61 bits per heavy atom. The third-order valence-electron chi connectivity index (χ3n) is 3.68. The largest absolute Gasteiger partial charge is 0.468 e. The third-order valence-corrected chi connectivity index (χ3v) is 7.36.